The van der Waals surface area contributed by atoms with Gasteiger partial charge in [-0.2, -0.15) is 0 Å². The molecule has 0 fully saturated rings. The molecule has 1 heterocycles. The highest BCUT2D eigenvalue weighted by molar-refractivity contribution is 6.11. The number of hydrogen-bond donors (Lipinski definition) is 1. The van der Waals surface area contributed by atoms with Gasteiger partial charge in [0.15, 0.2) is 5.78 Å². The van der Waals surface area contributed by atoms with Crippen molar-refractivity contribution in [3.63, 3.8) is 0 Å². The van der Waals surface area contributed by atoms with Gasteiger partial charge in [-0.25, -0.2) is 0 Å². The van der Waals surface area contributed by atoms with Gasteiger partial charge in [-0.3, -0.25) is 14.4 Å². The molecule has 1 aliphatic rings. The lowest BCUT2D eigenvalue weighted by Crippen LogP contribution is -2.35. The van der Waals surface area contributed by atoms with Crippen LogP contribution in [0.2, 0.25) is 0 Å². The van der Waals surface area contributed by atoms with Crippen LogP contribution >= 0.6 is 0 Å². The summed E-state index contributed by atoms with van der Waals surface area (Å²) >= 11 is 0. The lowest BCUT2D eigenvalue weighted by molar-refractivity contribution is -0.116. The Morgan fingerprint density at radius 1 is 1.04 bits per heavy atom. The van der Waals surface area contributed by atoms with E-state index in [1.807, 2.05) is 31.2 Å². The standard InChI is InChI=1S/C22H22N2O3/c1-14(22(27)23-19-10-8-17(9-11-19)16(3)25)12-21(26)24-15(2)13-18-6-4-5-7-20(18)24/h4-12,15H,13H2,1-3H3,(H,23,27)/b14-12-. The number of amides is 2. The fourth-order valence-electron chi connectivity index (χ4n) is 3.24. The molecule has 3 rings (SSSR count). The van der Waals surface area contributed by atoms with E-state index in [1.165, 1.54) is 13.0 Å². The molecule has 1 aliphatic heterocycles. The lowest BCUT2D eigenvalue weighted by atomic mass is 10.1. The number of anilines is 2. The summed E-state index contributed by atoms with van der Waals surface area (Å²) in [6.07, 6.45) is 2.18. The summed E-state index contributed by atoms with van der Waals surface area (Å²) in [5.74, 6) is -0.583. The van der Waals surface area contributed by atoms with Gasteiger partial charge >= 0.3 is 0 Å². The highest BCUT2D eigenvalue weighted by atomic mass is 16.2. The van der Waals surface area contributed by atoms with Crippen LogP contribution in [0.5, 0.6) is 0 Å². The van der Waals surface area contributed by atoms with E-state index in [0.717, 1.165) is 17.7 Å². The maximum absolute atomic E-state index is 12.7. The van der Waals surface area contributed by atoms with E-state index in [0.29, 0.717) is 16.8 Å². The number of rotatable bonds is 4. The van der Waals surface area contributed by atoms with Crippen molar-refractivity contribution in [2.24, 2.45) is 0 Å². The summed E-state index contributed by atoms with van der Waals surface area (Å²) in [6, 6.07) is 14.5. The van der Waals surface area contributed by atoms with Crippen LogP contribution in [0, 0.1) is 0 Å². The molecular weight excluding hydrogens is 340 g/mol. The Bertz CT molecular complexity index is 929. The van der Waals surface area contributed by atoms with Crippen molar-refractivity contribution in [2.75, 3.05) is 10.2 Å². The molecule has 0 aromatic heterocycles. The van der Waals surface area contributed by atoms with Gasteiger partial charge in [0, 0.05) is 34.6 Å². The molecule has 138 valence electrons. The average molecular weight is 362 g/mol. The second kappa shape index (κ2) is 7.58. The van der Waals surface area contributed by atoms with E-state index >= 15 is 0 Å². The topological polar surface area (TPSA) is 66.5 Å². The third-order valence-corrected chi connectivity index (χ3v) is 4.69. The number of benzene rings is 2. The first-order valence-corrected chi connectivity index (χ1v) is 8.88. The molecule has 2 aromatic rings. The van der Waals surface area contributed by atoms with E-state index in [1.54, 1.807) is 36.1 Å². The van der Waals surface area contributed by atoms with Crippen molar-refractivity contribution in [3.05, 3.63) is 71.3 Å². The first-order chi connectivity index (χ1) is 12.9. The third kappa shape index (κ3) is 3.97. The first kappa shape index (κ1) is 18.6. The SMILES string of the molecule is CC(=O)c1ccc(NC(=O)/C(C)=C\C(=O)N2c3ccccc3CC2C)cc1. The lowest BCUT2D eigenvalue weighted by Gasteiger charge is -2.21. The zero-order valence-corrected chi connectivity index (χ0v) is 15.7. The van der Waals surface area contributed by atoms with Gasteiger partial charge in [0.05, 0.1) is 0 Å². The second-order valence-corrected chi connectivity index (χ2v) is 6.81. The number of para-hydroxylation sites is 1. The van der Waals surface area contributed by atoms with E-state index in [-0.39, 0.29) is 23.6 Å². The van der Waals surface area contributed by atoms with Crippen LogP contribution < -0.4 is 10.2 Å². The Labute approximate surface area is 158 Å². The molecule has 0 bridgehead atoms. The van der Waals surface area contributed by atoms with Gasteiger partial charge in [0.1, 0.15) is 0 Å². The van der Waals surface area contributed by atoms with Crippen LogP contribution in [0.25, 0.3) is 0 Å². The predicted octanol–water partition coefficient (Wildman–Crippen LogP) is 3.75. The molecule has 0 saturated heterocycles. The maximum Gasteiger partial charge on any atom is 0.251 e. The molecule has 0 saturated carbocycles. The van der Waals surface area contributed by atoms with Gasteiger partial charge in [0.25, 0.3) is 11.8 Å². The van der Waals surface area contributed by atoms with Gasteiger partial charge in [0.2, 0.25) is 0 Å². The van der Waals surface area contributed by atoms with Crippen LogP contribution in [-0.2, 0) is 16.0 Å². The van der Waals surface area contributed by atoms with Crippen molar-refractivity contribution in [2.45, 2.75) is 33.2 Å². The van der Waals surface area contributed by atoms with Gasteiger partial charge in [-0.15, -0.1) is 0 Å². The van der Waals surface area contributed by atoms with Crippen molar-refractivity contribution in [3.8, 4) is 0 Å². The van der Waals surface area contributed by atoms with E-state index < -0.39 is 0 Å². The van der Waals surface area contributed by atoms with Crippen molar-refractivity contribution < 1.29 is 14.4 Å². The third-order valence-electron chi connectivity index (χ3n) is 4.69. The minimum Gasteiger partial charge on any atom is -0.322 e. The van der Waals surface area contributed by atoms with Crippen molar-refractivity contribution >= 4 is 29.0 Å². The van der Waals surface area contributed by atoms with Crippen LogP contribution in [0.1, 0.15) is 36.7 Å². The van der Waals surface area contributed by atoms with Crippen molar-refractivity contribution in [1.82, 2.24) is 0 Å². The molecule has 1 N–H and O–H groups in total. The minimum atomic E-state index is -0.348. The Morgan fingerprint density at radius 2 is 1.70 bits per heavy atom. The van der Waals surface area contributed by atoms with E-state index in [9.17, 15) is 14.4 Å². The molecule has 1 atom stereocenters. The number of nitrogens with zero attached hydrogens (tertiary/aromatic N) is 1. The Kier molecular flexibility index (Phi) is 5.21. The number of hydrogen-bond acceptors (Lipinski definition) is 3. The van der Waals surface area contributed by atoms with Crippen LogP contribution in [0.3, 0.4) is 0 Å². The molecule has 2 amide bonds. The van der Waals surface area contributed by atoms with E-state index in [4.69, 9.17) is 0 Å². The molecule has 5 heteroatoms. The smallest absolute Gasteiger partial charge is 0.251 e. The quantitative estimate of drug-likeness (QED) is 0.665. The normalized spacial score (nSPS) is 16.0. The number of Topliss-reactive ketones (excluding diaryl/α,β-unsaturated/α-hetero) is 1. The Hall–Kier alpha value is -3.21. The molecule has 0 radical (unpaired) electrons. The average Bonchev–Trinajstić information content (AvgIpc) is 2.97. The summed E-state index contributed by atoms with van der Waals surface area (Å²) in [5.41, 5.74) is 3.52. The largest absolute Gasteiger partial charge is 0.322 e. The summed E-state index contributed by atoms with van der Waals surface area (Å²) in [7, 11) is 0. The monoisotopic (exact) mass is 362 g/mol. The number of carbonyl (C=O) groups is 3. The summed E-state index contributed by atoms with van der Waals surface area (Å²) < 4.78 is 0. The minimum absolute atomic E-state index is 0.0328. The molecule has 0 spiro atoms. The number of carbonyl (C=O) groups excluding carboxylic acids is 3. The van der Waals surface area contributed by atoms with Crippen LogP contribution in [-0.4, -0.2) is 23.6 Å². The predicted molar refractivity (Wildman–Crippen MR) is 106 cm³/mol. The second-order valence-electron chi connectivity index (χ2n) is 6.81. The Morgan fingerprint density at radius 3 is 2.37 bits per heavy atom. The van der Waals surface area contributed by atoms with Crippen LogP contribution in [0.15, 0.2) is 60.2 Å². The van der Waals surface area contributed by atoms with Crippen LogP contribution in [0.4, 0.5) is 11.4 Å². The zero-order chi connectivity index (χ0) is 19.6. The van der Waals surface area contributed by atoms with Crippen molar-refractivity contribution in [1.29, 1.82) is 0 Å². The maximum atomic E-state index is 12.7. The molecule has 27 heavy (non-hydrogen) atoms. The summed E-state index contributed by atoms with van der Waals surface area (Å²) in [4.78, 5) is 38.2. The molecule has 0 aliphatic carbocycles. The fourth-order valence-corrected chi connectivity index (χ4v) is 3.24. The number of ketones is 1. The van der Waals surface area contributed by atoms with Gasteiger partial charge in [-0.1, -0.05) is 18.2 Å². The number of fused-ring (bicyclic) bond motifs is 1. The van der Waals surface area contributed by atoms with E-state index in [2.05, 4.69) is 5.32 Å². The molecular formula is C22H22N2O3. The molecule has 1 unspecified atom stereocenters. The highest BCUT2D eigenvalue weighted by Crippen LogP contribution is 2.32. The number of nitrogens with one attached hydrogen (secondary N) is 1. The Balaban J connectivity index is 1.72. The molecule has 2 aromatic carbocycles. The van der Waals surface area contributed by atoms with Gasteiger partial charge in [-0.05, 0) is 63.1 Å². The highest BCUT2D eigenvalue weighted by Gasteiger charge is 2.29. The summed E-state index contributed by atoms with van der Waals surface area (Å²) in [5, 5.41) is 2.74. The fraction of sp³-hybridized carbons (Fsp3) is 0.227. The van der Waals surface area contributed by atoms with Gasteiger partial charge < -0.3 is 10.2 Å². The first-order valence-electron chi connectivity index (χ1n) is 8.88. The zero-order valence-electron chi connectivity index (χ0n) is 15.7. The summed E-state index contributed by atoms with van der Waals surface area (Å²) in [6.45, 7) is 5.10. The molecule has 5 nitrogen and oxygen atoms in total.